The van der Waals surface area contributed by atoms with Crippen molar-refractivity contribution in [1.82, 2.24) is 15.0 Å². The van der Waals surface area contributed by atoms with Gasteiger partial charge in [0.05, 0.1) is 11.6 Å². The Morgan fingerprint density at radius 3 is 2.28 bits per heavy atom. The Kier molecular flexibility index (Phi) is 3.80. The van der Waals surface area contributed by atoms with E-state index in [1.807, 2.05) is 0 Å². The molecule has 3 heterocycles. The molecule has 0 unspecified atom stereocenters. The van der Waals surface area contributed by atoms with Gasteiger partial charge in [-0.15, -0.1) is 0 Å². The van der Waals surface area contributed by atoms with E-state index in [2.05, 4.69) is 51.0 Å². The quantitative estimate of drug-likeness (QED) is 0.678. The van der Waals surface area contributed by atoms with Crippen LogP contribution in [-0.2, 0) is 0 Å². The van der Waals surface area contributed by atoms with Crippen LogP contribution in [0.25, 0.3) is 0 Å². The van der Waals surface area contributed by atoms with Crippen molar-refractivity contribution in [3.05, 3.63) is 47.8 Å². The third-order valence-electron chi connectivity index (χ3n) is 5.04. The molecule has 2 atom stereocenters. The fraction of sp³-hybridized carbons (Fsp3) is 0.389. The second-order valence-electron chi connectivity index (χ2n) is 6.78. The van der Waals surface area contributed by atoms with Gasteiger partial charge in [0.25, 0.3) is 5.91 Å². The van der Waals surface area contributed by atoms with Gasteiger partial charge in [-0.25, -0.2) is 15.0 Å². The monoisotopic (exact) mass is 339 g/mol. The van der Waals surface area contributed by atoms with Gasteiger partial charge in [0.15, 0.2) is 0 Å². The Morgan fingerprint density at radius 1 is 1.12 bits per heavy atom. The molecule has 0 saturated carbocycles. The van der Waals surface area contributed by atoms with Crippen molar-refractivity contribution in [3.8, 4) is 0 Å². The Morgan fingerprint density at radius 2 is 1.72 bits per heavy atom. The topological polar surface area (TPSA) is 72.8 Å². The molecule has 2 aliphatic rings. The lowest BCUT2D eigenvalue weighted by Gasteiger charge is -2.35. The predicted molar refractivity (Wildman–Crippen MR) is 94.0 cm³/mol. The molecule has 0 aliphatic carbocycles. The minimum absolute atomic E-state index is 0.277. The lowest BCUT2D eigenvalue weighted by Crippen LogP contribution is -2.47. The largest absolute Gasteiger partial charge is 0.365 e. The van der Waals surface area contributed by atoms with Crippen molar-refractivity contribution in [2.45, 2.75) is 25.4 Å². The molecule has 1 aromatic heterocycles. The lowest BCUT2D eigenvalue weighted by molar-refractivity contribution is -0.0375. The van der Waals surface area contributed by atoms with Crippen molar-refractivity contribution < 1.29 is 10.0 Å². The first-order valence-electron chi connectivity index (χ1n) is 8.42. The van der Waals surface area contributed by atoms with Gasteiger partial charge >= 0.3 is 0 Å². The number of anilines is 2. The van der Waals surface area contributed by atoms with Crippen molar-refractivity contribution in [3.63, 3.8) is 0 Å². The first-order chi connectivity index (χ1) is 12.0. The minimum Gasteiger partial charge on any atom is -0.365 e. The Labute approximate surface area is 146 Å². The van der Waals surface area contributed by atoms with E-state index in [9.17, 15) is 10.0 Å². The number of nitrogens with zero attached hydrogens (tertiary/aromatic N) is 5. The van der Waals surface area contributed by atoms with Crippen LogP contribution in [0.2, 0.25) is 0 Å². The van der Waals surface area contributed by atoms with Gasteiger partial charge in [-0.3, -0.25) is 10.0 Å². The van der Waals surface area contributed by atoms with Gasteiger partial charge in [0.1, 0.15) is 0 Å². The summed E-state index contributed by atoms with van der Waals surface area (Å²) >= 11 is 0. The Hall–Kier alpha value is -2.67. The first-order valence-corrected chi connectivity index (χ1v) is 8.42. The number of hydroxylamine groups is 2. The molecular weight excluding hydrogens is 318 g/mol. The van der Waals surface area contributed by atoms with Gasteiger partial charge in [-0.05, 0) is 25.5 Å². The maximum absolute atomic E-state index is 11.7. The summed E-state index contributed by atoms with van der Waals surface area (Å²) in [6.07, 6.45) is 4.04. The number of carbonyl (C=O) groups excluding carboxylic acids is 1. The number of aromatic nitrogens is 2. The lowest BCUT2D eigenvalue weighted by atomic mass is 10.2. The van der Waals surface area contributed by atoms with Gasteiger partial charge in [0, 0.05) is 44.3 Å². The highest BCUT2D eigenvalue weighted by molar-refractivity contribution is 5.92. The Balaban J connectivity index is 1.47. The maximum atomic E-state index is 11.7. The van der Waals surface area contributed by atoms with E-state index in [4.69, 9.17) is 0 Å². The van der Waals surface area contributed by atoms with Crippen LogP contribution in [0.1, 0.15) is 22.3 Å². The molecule has 2 aromatic rings. The fourth-order valence-electron chi connectivity index (χ4n) is 3.73. The zero-order chi connectivity index (χ0) is 17.6. The summed E-state index contributed by atoms with van der Waals surface area (Å²) in [6.45, 7) is 3.94. The normalized spacial score (nSPS) is 21.7. The number of aryl methyl sites for hydroxylation is 1. The molecule has 1 N–H and O–H groups in total. The number of piperazine rings is 1. The summed E-state index contributed by atoms with van der Waals surface area (Å²) in [5.41, 5.74) is 2.82. The van der Waals surface area contributed by atoms with E-state index in [1.165, 1.54) is 30.7 Å². The average Bonchev–Trinajstić information content (AvgIpc) is 3.22. The number of hydrogen-bond acceptors (Lipinski definition) is 6. The van der Waals surface area contributed by atoms with Crippen LogP contribution in [0.3, 0.4) is 0 Å². The van der Waals surface area contributed by atoms with Crippen LogP contribution in [0, 0.1) is 6.92 Å². The van der Waals surface area contributed by atoms with Crippen molar-refractivity contribution in [1.29, 1.82) is 0 Å². The van der Waals surface area contributed by atoms with E-state index in [-0.39, 0.29) is 5.56 Å². The third-order valence-corrected chi connectivity index (χ3v) is 5.04. The molecule has 2 fully saturated rings. The van der Waals surface area contributed by atoms with Gasteiger partial charge in [-0.1, -0.05) is 17.7 Å². The molecule has 1 aromatic carbocycles. The fourth-order valence-corrected chi connectivity index (χ4v) is 3.73. The Bertz CT molecular complexity index is 775. The number of carbonyl (C=O) groups is 1. The predicted octanol–water partition coefficient (Wildman–Crippen LogP) is 1.71. The number of amides is 1. The summed E-state index contributed by atoms with van der Waals surface area (Å²) in [5.74, 6) is 0.133. The van der Waals surface area contributed by atoms with Crippen molar-refractivity contribution >= 4 is 17.5 Å². The van der Waals surface area contributed by atoms with Gasteiger partial charge in [0.2, 0.25) is 5.95 Å². The van der Waals surface area contributed by atoms with E-state index >= 15 is 0 Å². The van der Waals surface area contributed by atoms with Gasteiger partial charge < -0.3 is 9.80 Å². The number of hydrogen-bond donors (Lipinski definition) is 1. The van der Waals surface area contributed by atoms with E-state index in [0.29, 0.717) is 23.1 Å². The maximum Gasteiger partial charge on any atom is 0.280 e. The van der Waals surface area contributed by atoms with E-state index < -0.39 is 5.91 Å². The average molecular weight is 339 g/mol. The third kappa shape index (κ3) is 2.80. The molecule has 25 heavy (non-hydrogen) atoms. The smallest absolute Gasteiger partial charge is 0.280 e. The molecule has 7 heteroatoms. The van der Waals surface area contributed by atoms with E-state index in [0.717, 1.165) is 19.5 Å². The molecule has 7 nitrogen and oxygen atoms in total. The molecule has 0 spiro atoms. The molecule has 4 rings (SSSR count). The summed E-state index contributed by atoms with van der Waals surface area (Å²) in [7, 11) is 1.29. The highest BCUT2D eigenvalue weighted by Gasteiger charge is 2.44. The van der Waals surface area contributed by atoms with Crippen molar-refractivity contribution in [2.75, 3.05) is 29.9 Å². The zero-order valence-electron chi connectivity index (χ0n) is 14.3. The standard InChI is InChI=1S/C18H21N5O2/c1-12-3-5-14(6-4-12)22-10-16-7-15(22)11-23(16)18-19-8-13(9-20-18)17(24)21(2)25/h3-6,8-9,15-16,25H,7,10-11H2,1-2H3/t15-,16-/m1/s1. The summed E-state index contributed by atoms with van der Waals surface area (Å²) < 4.78 is 0. The summed E-state index contributed by atoms with van der Waals surface area (Å²) in [4.78, 5) is 25.0. The summed E-state index contributed by atoms with van der Waals surface area (Å²) in [6, 6.07) is 9.51. The molecule has 2 bridgehead atoms. The molecule has 0 radical (unpaired) electrons. The van der Waals surface area contributed by atoms with Crippen LogP contribution in [0.4, 0.5) is 11.6 Å². The molecule has 2 aliphatic heterocycles. The molecule has 130 valence electrons. The number of rotatable bonds is 3. The highest BCUT2D eigenvalue weighted by atomic mass is 16.5. The highest BCUT2D eigenvalue weighted by Crippen LogP contribution is 2.36. The van der Waals surface area contributed by atoms with Gasteiger partial charge in [-0.2, -0.15) is 0 Å². The molecule has 2 saturated heterocycles. The van der Waals surface area contributed by atoms with Crippen molar-refractivity contribution in [2.24, 2.45) is 0 Å². The first kappa shape index (κ1) is 15.8. The number of fused-ring (bicyclic) bond motifs is 2. The minimum atomic E-state index is -0.514. The van der Waals surface area contributed by atoms with Crippen LogP contribution in [0.15, 0.2) is 36.7 Å². The van der Waals surface area contributed by atoms with Crippen LogP contribution >= 0.6 is 0 Å². The van der Waals surface area contributed by atoms with Crippen LogP contribution < -0.4 is 9.80 Å². The molecular formula is C18H21N5O2. The van der Waals surface area contributed by atoms with Crippen LogP contribution in [-0.4, -0.2) is 58.4 Å². The zero-order valence-corrected chi connectivity index (χ0v) is 14.3. The SMILES string of the molecule is Cc1ccc(N2C[C@H]3C[C@@H]2CN3c2ncc(C(=O)N(C)O)cn2)cc1. The second kappa shape index (κ2) is 6.00. The second-order valence-corrected chi connectivity index (χ2v) is 6.78. The summed E-state index contributed by atoms with van der Waals surface area (Å²) in [5, 5.41) is 9.75. The van der Waals surface area contributed by atoms with E-state index in [1.54, 1.807) is 0 Å². The number of benzene rings is 1. The molecule has 1 amide bonds. The van der Waals surface area contributed by atoms with Crippen LogP contribution in [0.5, 0.6) is 0 Å².